The summed E-state index contributed by atoms with van der Waals surface area (Å²) in [5.41, 5.74) is 0. The van der Waals surface area contributed by atoms with Crippen LogP contribution in [0.25, 0.3) is 0 Å². The van der Waals surface area contributed by atoms with E-state index in [0.29, 0.717) is 0 Å². The van der Waals surface area contributed by atoms with Crippen LogP contribution in [-0.2, 0) is 0 Å². The van der Waals surface area contributed by atoms with Crippen LogP contribution in [0.2, 0.25) is 0 Å². The lowest BCUT2D eigenvalue weighted by Gasteiger charge is -2.58. The molecule has 0 aliphatic heterocycles. The van der Waals surface area contributed by atoms with Crippen LogP contribution in [0, 0.1) is 0 Å². The largest absolute Gasteiger partial charge is 0.296 e. The zero-order valence-electron chi connectivity index (χ0n) is 15.8. The fourth-order valence-electron chi connectivity index (χ4n) is 3.19. The summed E-state index contributed by atoms with van der Waals surface area (Å²) in [4.78, 5) is 0. The predicted molar refractivity (Wildman–Crippen MR) is 115 cm³/mol. The van der Waals surface area contributed by atoms with Crippen LogP contribution >= 0.6 is 20.4 Å². The minimum atomic E-state index is -1.20. The topological polar surface area (TPSA) is 0 Å². The van der Waals surface area contributed by atoms with Gasteiger partial charge in [0.1, 0.15) is 0 Å². The first-order valence-electron chi connectivity index (χ1n) is 9.62. The van der Waals surface area contributed by atoms with Gasteiger partial charge in [0.15, 0.2) is 0 Å². The molecule has 21 heavy (non-hydrogen) atoms. The highest BCUT2D eigenvalue weighted by molar-refractivity contribution is 8.64. The van der Waals surface area contributed by atoms with E-state index >= 15 is 0 Å². The van der Waals surface area contributed by atoms with E-state index < -0.39 is 8.61 Å². The third-order valence-electron chi connectivity index (χ3n) is 5.72. The summed E-state index contributed by atoms with van der Waals surface area (Å²) < 4.78 is 0. The molecular weight excluding hydrogens is 308 g/mol. The van der Waals surface area contributed by atoms with Crippen molar-refractivity contribution >= 4 is 29.8 Å². The van der Waals surface area contributed by atoms with E-state index in [-0.39, 0.29) is 0 Å². The molecule has 0 aromatic carbocycles. The molecule has 0 aliphatic rings. The van der Waals surface area contributed by atoms with E-state index in [1.165, 1.54) is 83.8 Å². The maximum atomic E-state index is 2.50. The van der Waals surface area contributed by atoms with Crippen molar-refractivity contribution in [2.75, 3.05) is 34.5 Å². The standard InChI is InChI=1S/C18H44S2Si/c1-5-9-11-12-13-15-19-16-14-18-20(21,7-3,8-4)17-10-6-2/h20H,5-18H2,1-4,21H3. The van der Waals surface area contributed by atoms with Gasteiger partial charge in [-0.1, -0.05) is 59.8 Å². The Bertz CT molecular complexity index is 239. The van der Waals surface area contributed by atoms with E-state index in [1.807, 2.05) is 0 Å². The van der Waals surface area contributed by atoms with Crippen LogP contribution in [0.3, 0.4) is 0 Å². The monoisotopic (exact) mass is 352 g/mol. The number of rotatable bonds is 15. The maximum absolute atomic E-state index is 2.50. The molecule has 0 nitrogen and oxygen atoms in total. The zero-order chi connectivity index (χ0) is 16.1. The van der Waals surface area contributed by atoms with Gasteiger partial charge in [0.2, 0.25) is 0 Å². The molecule has 0 atom stereocenters. The van der Waals surface area contributed by atoms with Gasteiger partial charge in [0, 0.05) is 9.39 Å². The smallest absolute Gasteiger partial charge is 0.0347 e. The third-order valence-corrected chi connectivity index (χ3v) is 20.7. The zero-order valence-corrected chi connectivity index (χ0v) is 19.5. The average molecular weight is 353 g/mol. The van der Waals surface area contributed by atoms with Crippen LogP contribution in [0.4, 0.5) is 0 Å². The Morgan fingerprint density at radius 3 is 1.76 bits per heavy atom. The Labute approximate surface area is 143 Å². The second-order valence-electron chi connectivity index (χ2n) is 7.42. The quantitative estimate of drug-likeness (QED) is 0.238. The number of unbranched alkanes of at least 4 members (excludes halogenated alkanes) is 5. The van der Waals surface area contributed by atoms with Crippen molar-refractivity contribution in [2.45, 2.75) is 79.1 Å². The third kappa shape index (κ3) is 9.60. The fourth-order valence-corrected chi connectivity index (χ4v) is 10.6. The Balaban J connectivity index is 3.84. The van der Waals surface area contributed by atoms with Gasteiger partial charge in [-0.15, -0.1) is 0 Å². The predicted octanol–water partition coefficient (Wildman–Crippen LogP) is 5.27. The molecule has 0 heterocycles. The van der Waals surface area contributed by atoms with Gasteiger partial charge >= 0.3 is 0 Å². The Hall–Kier alpha value is 0.917. The molecule has 132 valence electrons. The summed E-state index contributed by atoms with van der Waals surface area (Å²) in [6, 6.07) is 0. The van der Waals surface area contributed by atoms with E-state index in [9.17, 15) is 0 Å². The van der Waals surface area contributed by atoms with Gasteiger partial charge in [0.05, 0.1) is 0 Å². The SMILES string of the molecule is CCCCCCCSCCC[SH]([SiH3])(CC)(CC)CCCC. The molecule has 0 aromatic heterocycles. The van der Waals surface area contributed by atoms with E-state index in [0.717, 1.165) is 0 Å². The van der Waals surface area contributed by atoms with Crippen molar-refractivity contribution in [3.05, 3.63) is 0 Å². The van der Waals surface area contributed by atoms with Gasteiger partial charge in [-0.2, -0.15) is 11.8 Å². The van der Waals surface area contributed by atoms with Crippen LogP contribution in [0.5, 0.6) is 0 Å². The highest BCUT2D eigenvalue weighted by atomic mass is 32.5. The molecule has 0 radical (unpaired) electrons. The summed E-state index contributed by atoms with van der Waals surface area (Å²) in [7, 11) is 0.304. The van der Waals surface area contributed by atoms with Crippen LogP contribution in [-0.4, -0.2) is 43.9 Å². The van der Waals surface area contributed by atoms with E-state index in [1.54, 1.807) is 11.5 Å². The van der Waals surface area contributed by atoms with Crippen molar-refractivity contribution in [2.24, 2.45) is 0 Å². The fraction of sp³-hybridized carbons (Fsp3) is 1.00. The highest BCUT2D eigenvalue weighted by Gasteiger charge is 2.31. The molecule has 0 rings (SSSR count). The molecule has 0 amide bonds. The van der Waals surface area contributed by atoms with E-state index in [4.69, 9.17) is 0 Å². The first-order chi connectivity index (χ1) is 10.0. The number of thiol groups is 1. The summed E-state index contributed by atoms with van der Waals surface area (Å²) in [5.74, 6) is 9.15. The summed E-state index contributed by atoms with van der Waals surface area (Å²) in [6.07, 6.45) is 11.6. The average Bonchev–Trinajstić information content (AvgIpc) is 2.52. The molecule has 0 bridgehead atoms. The second-order valence-corrected chi connectivity index (χ2v) is 23.6. The van der Waals surface area contributed by atoms with Crippen LogP contribution in [0.15, 0.2) is 0 Å². The molecule has 0 saturated heterocycles. The lowest BCUT2D eigenvalue weighted by Crippen LogP contribution is -2.31. The molecule has 0 saturated carbocycles. The van der Waals surface area contributed by atoms with Crippen molar-refractivity contribution < 1.29 is 0 Å². The van der Waals surface area contributed by atoms with Crippen LogP contribution < -0.4 is 0 Å². The number of hydrogen-bond donors (Lipinski definition) is 1. The number of thioether (sulfide) groups is 1. The molecule has 3 heteroatoms. The number of hydrogen-bond acceptors (Lipinski definition) is 1. The van der Waals surface area contributed by atoms with Crippen molar-refractivity contribution in [3.8, 4) is 0 Å². The van der Waals surface area contributed by atoms with Crippen molar-refractivity contribution in [1.82, 2.24) is 0 Å². The minimum absolute atomic E-state index is 1.20. The molecule has 0 N–H and O–H groups in total. The van der Waals surface area contributed by atoms with Crippen molar-refractivity contribution in [3.63, 3.8) is 0 Å². The van der Waals surface area contributed by atoms with Gasteiger partial charge in [-0.25, -0.2) is 0 Å². The summed E-state index contributed by atoms with van der Waals surface area (Å²) in [5, 5.41) is 0. The van der Waals surface area contributed by atoms with Gasteiger partial charge in [0.25, 0.3) is 0 Å². The van der Waals surface area contributed by atoms with Crippen LogP contribution in [0.1, 0.15) is 79.1 Å². The Morgan fingerprint density at radius 2 is 1.19 bits per heavy atom. The highest BCUT2D eigenvalue weighted by Crippen LogP contribution is 2.65. The molecule has 0 aromatic rings. The summed E-state index contributed by atoms with van der Waals surface area (Å²) in [6.45, 7) is 9.67. The van der Waals surface area contributed by atoms with Crippen molar-refractivity contribution in [1.29, 1.82) is 0 Å². The maximum Gasteiger partial charge on any atom is 0.0347 e. The Kier molecular flexibility index (Phi) is 12.9. The lowest BCUT2D eigenvalue weighted by molar-refractivity contribution is 0.659. The molecule has 0 spiro atoms. The molecule has 0 aliphatic carbocycles. The lowest BCUT2D eigenvalue weighted by atomic mass is 10.2. The Morgan fingerprint density at radius 1 is 0.667 bits per heavy atom. The van der Waals surface area contributed by atoms with Gasteiger partial charge in [-0.05, 0) is 53.8 Å². The summed E-state index contributed by atoms with van der Waals surface area (Å²) >= 11 is 2.23. The molecule has 0 fully saturated rings. The minimum Gasteiger partial charge on any atom is -0.296 e. The van der Waals surface area contributed by atoms with Gasteiger partial charge in [-0.3, -0.25) is 8.61 Å². The molecule has 0 unspecified atom stereocenters. The van der Waals surface area contributed by atoms with E-state index in [2.05, 4.69) is 39.5 Å². The first kappa shape index (κ1) is 21.9. The molecular formula is C18H44S2Si. The normalized spacial score (nSPS) is 14.2. The van der Waals surface area contributed by atoms with Gasteiger partial charge < -0.3 is 0 Å². The first-order valence-corrected chi connectivity index (χ1v) is 16.9. The second kappa shape index (κ2) is 12.4.